The van der Waals surface area contributed by atoms with Gasteiger partial charge in [-0.05, 0) is 19.4 Å². The number of nitrogens with two attached hydrogens (primary N) is 2. The van der Waals surface area contributed by atoms with Crippen LogP contribution in [-0.2, 0) is 11.3 Å². The topological polar surface area (TPSA) is 107 Å². The Balaban J connectivity index is 2.63. The van der Waals surface area contributed by atoms with Gasteiger partial charge in [0.1, 0.15) is 0 Å². The predicted octanol–water partition coefficient (Wildman–Crippen LogP) is 1.66. The number of amides is 1. The van der Waals surface area contributed by atoms with E-state index in [4.69, 9.17) is 11.5 Å². The molecule has 2 rings (SSSR count). The summed E-state index contributed by atoms with van der Waals surface area (Å²) in [7, 11) is 0. The zero-order valence-electron chi connectivity index (χ0n) is 12.2. The molecule has 1 aromatic carbocycles. The van der Waals surface area contributed by atoms with Crippen molar-refractivity contribution in [3.63, 3.8) is 0 Å². The number of aliphatic imine (C=N–C) groups is 1. The van der Waals surface area contributed by atoms with Gasteiger partial charge < -0.3 is 21.1 Å². The van der Waals surface area contributed by atoms with Gasteiger partial charge in [0.15, 0.2) is 11.8 Å². The SMILES string of the molecule is CCCn1c(O)c2ccccc2c1C(C)C(=O)N=C(N)N. The number of aromatic nitrogens is 1. The molecule has 1 atom stereocenters. The van der Waals surface area contributed by atoms with Gasteiger partial charge in [0.25, 0.3) is 5.91 Å². The molecule has 1 aromatic heterocycles. The monoisotopic (exact) mass is 288 g/mol. The normalized spacial score (nSPS) is 12.3. The number of carbonyl (C=O) groups excluding carboxylic acids is 1. The molecular formula is C15H20N4O2. The van der Waals surface area contributed by atoms with E-state index in [-0.39, 0.29) is 11.8 Å². The van der Waals surface area contributed by atoms with Crippen LogP contribution in [0.5, 0.6) is 5.88 Å². The number of aromatic hydroxyl groups is 1. The maximum Gasteiger partial charge on any atom is 0.257 e. The van der Waals surface area contributed by atoms with Crippen LogP contribution in [0.3, 0.4) is 0 Å². The van der Waals surface area contributed by atoms with Gasteiger partial charge in [-0.3, -0.25) is 4.79 Å². The van der Waals surface area contributed by atoms with Crippen molar-refractivity contribution in [2.24, 2.45) is 16.5 Å². The molecule has 0 aliphatic heterocycles. The van der Waals surface area contributed by atoms with Crippen LogP contribution in [0.2, 0.25) is 0 Å². The van der Waals surface area contributed by atoms with Crippen molar-refractivity contribution in [1.82, 2.24) is 4.57 Å². The van der Waals surface area contributed by atoms with Crippen LogP contribution in [0.1, 0.15) is 31.9 Å². The number of hydrogen-bond donors (Lipinski definition) is 3. The fourth-order valence-corrected chi connectivity index (χ4v) is 2.56. The summed E-state index contributed by atoms with van der Waals surface area (Å²) >= 11 is 0. The standard InChI is InChI=1S/C15H20N4O2/c1-3-8-19-12(9(2)13(20)18-15(16)17)10-6-4-5-7-11(10)14(19)21/h4-7,9,21H,3,8H2,1-2H3,(H4,16,17,18,20). The molecule has 5 N–H and O–H groups in total. The zero-order valence-corrected chi connectivity index (χ0v) is 12.2. The summed E-state index contributed by atoms with van der Waals surface area (Å²) in [6, 6.07) is 7.44. The van der Waals surface area contributed by atoms with Gasteiger partial charge >= 0.3 is 0 Å². The van der Waals surface area contributed by atoms with Crippen molar-refractivity contribution in [1.29, 1.82) is 0 Å². The van der Waals surface area contributed by atoms with Crippen molar-refractivity contribution in [3.05, 3.63) is 30.0 Å². The van der Waals surface area contributed by atoms with Gasteiger partial charge in [-0.2, -0.15) is 4.99 Å². The number of benzene rings is 1. The first-order valence-electron chi connectivity index (χ1n) is 6.90. The third-order valence-electron chi connectivity index (χ3n) is 3.46. The van der Waals surface area contributed by atoms with E-state index in [9.17, 15) is 9.90 Å². The average molecular weight is 288 g/mol. The van der Waals surface area contributed by atoms with Crippen LogP contribution in [0.25, 0.3) is 10.8 Å². The van der Waals surface area contributed by atoms with Crippen LogP contribution in [0.4, 0.5) is 0 Å². The smallest absolute Gasteiger partial charge is 0.257 e. The van der Waals surface area contributed by atoms with Crippen molar-refractivity contribution in [2.75, 3.05) is 0 Å². The van der Waals surface area contributed by atoms with E-state index >= 15 is 0 Å². The van der Waals surface area contributed by atoms with Gasteiger partial charge in [-0.15, -0.1) is 0 Å². The summed E-state index contributed by atoms with van der Waals surface area (Å²) in [5.41, 5.74) is 11.3. The van der Waals surface area contributed by atoms with Crippen molar-refractivity contribution in [3.8, 4) is 5.88 Å². The van der Waals surface area contributed by atoms with Gasteiger partial charge in [-0.25, -0.2) is 0 Å². The fraction of sp³-hybridized carbons (Fsp3) is 0.333. The Labute approximate surface area is 123 Å². The molecule has 21 heavy (non-hydrogen) atoms. The lowest BCUT2D eigenvalue weighted by atomic mass is 10.0. The molecule has 0 spiro atoms. The Kier molecular flexibility index (Phi) is 4.16. The van der Waals surface area contributed by atoms with E-state index in [0.29, 0.717) is 6.54 Å². The zero-order chi connectivity index (χ0) is 15.6. The van der Waals surface area contributed by atoms with E-state index in [1.807, 2.05) is 31.2 Å². The summed E-state index contributed by atoms with van der Waals surface area (Å²) in [5, 5.41) is 12.0. The Morgan fingerprint density at radius 3 is 2.52 bits per heavy atom. The molecule has 1 amide bonds. The molecule has 0 bridgehead atoms. The molecule has 0 fully saturated rings. The lowest BCUT2D eigenvalue weighted by Gasteiger charge is -2.13. The molecule has 0 radical (unpaired) electrons. The van der Waals surface area contributed by atoms with E-state index in [2.05, 4.69) is 4.99 Å². The van der Waals surface area contributed by atoms with E-state index in [1.54, 1.807) is 11.5 Å². The largest absolute Gasteiger partial charge is 0.494 e. The molecule has 112 valence electrons. The second-order valence-corrected chi connectivity index (χ2v) is 5.00. The number of hydrogen-bond acceptors (Lipinski definition) is 2. The van der Waals surface area contributed by atoms with Crippen LogP contribution in [0.15, 0.2) is 29.3 Å². The maximum atomic E-state index is 12.1. The van der Waals surface area contributed by atoms with Gasteiger partial charge in [0.2, 0.25) is 0 Å². The van der Waals surface area contributed by atoms with Gasteiger partial charge in [0, 0.05) is 23.0 Å². The van der Waals surface area contributed by atoms with Crippen LogP contribution < -0.4 is 11.5 Å². The van der Waals surface area contributed by atoms with Gasteiger partial charge in [-0.1, -0.05) is 25.1 Å². The number of guanidine groups is 1. The highest BCUT2D eigenvalue weighted by Crippen LogP contribution is 2.36. The minimum absolute atomic E-state index is 0.173. The molecule has 2 aromatic rings. The molecule has 0 saturated carbocycles. The molecule has 1 heterocycles. The molecular weight excluding hydrogens is 268 g/mol. The van der Waals surface area contributed by atoms with E-state index in [1.165, 1.54) is 0 Å². The Morgan fingerprint density at radius 2 is 1.95 bits per heavy atom. The highest BCUT2D eigenvalue weighted by Gasteiger charge is 2.24. The second kappa shape index (κ2) is 5.87. The first-order chi connectivity index (χ1) is 9.97. The number of carbonyl (C=O) groups is 1. The molecule has 0 aliphatic rings. The number of nitrogens with zero attached hydrogens (tertiary/aromatic N) is 2. The molecule has 0 saturated heterocycles. The minimum Gasteiger partial charge on any atom is -0.494 e. The lowest BCUT2D eigenvalue weighted by Crippen LogP contribution is -2.25. The third-order valence-corrected chi connectivity index (χ3v) is 3.46. The Hall–Kier alpha value is -2.50. The Bertz CT molecular complexity index is 699. The second-order valence-electron chi connectivity index (χ2n) is 5.00. The highest BCUT2D eigenvalue weighted by atomic mass is 16.3. The van der Waals surface area contributed by atoms with E-state index in [0.717, 1.165) is 22.9 Å². The molecule has 6 nitrogen and oxygen atoms in total. The summed E-state index contributed by atoms with van der Waals surface area (Å²) < 4.78 is 1.76. The van der Waals surface area contributed by atoms with E-state index < -0.39 is 11.8 Å². The summed E-state index contributed by atoms with van der Waals surface area (Å²) in [4.78, 5) is 15.7. The third kappa shape index (κ3) is 2.69. The maximum absolute atomic E-state index is 12.1. The summed E-state index contributed by atoms with van der Waals surface area (Å²) in [6.07, 6.45) is 0.838. The number of fused-ring (bicyclic) bond motifs is 1. The number of rotatable bonds is 4. The first-order valence-corrected chi connectivity index (χ1v) is 6.90. The molecule has 1 unspecified atom stereocenters. The first kappa shape index (κ1) is 14.9. The summed E-state index contributed by atoms with van der Waals surface area (Å²) in [6.45, 7) is 4.37. The molecule has 0 aliphatic carbocycles. The Morgan fingerprint density at radius 1 is 1.33 bits per heavy atom. The fourth-order valence-electron chi connectivity index (χ4n) is 2.56. The molecule has 6 heteroatoms. The van der Waals surface area contributed by atoms with Crippen LogP contribution >= 0.6 is 0 Å². The average Bonchev–Trinajstić information content (AvgIpc) is 2.71. The van der Waals surface area contributed by atoms with Crippen molar-refractivity contribution >= 4 is 22.6 Å². The highest BCUT2D eigenvalue weighted by molar-refractivity contribution is 5.99. The predicted molar refractivity (Wildman–Crippen MR) is 83.1 cm³/mol. The van der Waals surface area contributed by atoms with Crippen LogP contribution in [-0.4, -0.2) is 21.5 Å². The van der Waals surface area contributed by atoms with Crippen molar-refractivity contribution in [2.45, 2.75) is 32.7 Å². The van der Waals surface area contributed by atoms with Gasteiger partial charge in [0.05, 0.1) is 5.92 Å². The summed E-state index contributed by atoms with van der Waals surface area (Å²) in [5.74, 6) is -1.04. The minimum atomic E-state index is -0.538. The van der Waals surface area contributed by atoms with Crippen molar-refractivity contribution < 1.29 is 9.90 Å². The lowest BCUT2D eigenvalue weighted by molar-refractivity contribution is -0.118. The van der Waals surface area contributed by atoms with Crippen LogP contribution in [0, 0.1) is 0 Å². The quantitative estimate of drug-likeness (QED) is 0.587.